The molecule has 0 radical (unpaired) electrons. The summed E-state index contributed by atoms with van der Waals surface area (Å²) in [6, 6.07) is 8.59. The van der Waals surface area contributed by atoms with Crippen LogP contribution in [0.1, 0.15) is 45.7 Å². The van der Waals surface area contributed by atoms with Crippen molar-refractivity contribution in [2.24, 2.45) is 0 Å². The zero-order valence-electron chi connectivity index (χ0n) is 15.1. The summed E-state index contributed by atoms with van der Waals surface area (Å²) in [6.45, 7) is 0.634. The van der Waals surface area contributed by atoms with E-state index < -0.39 is 0 Å². The number of hydrogen-bond acceptors (Lipinski definition) is 3. The molecule has 1 heterocycles. The fourth-order valence-corrected chi connectivity index (χ4v) is 4.27. The van der Waals surface area contributed by atoms with Crippen LogP contribution in [0.3, 0.4) is 0 Å². The highest BCUT2D eigenvalue weighted by Crippen LogP contribution is 2.33. The van der Waals surface area contributed by atoms with Gasteiger partial charge in [-0.25, -0.2) is 0 Å². The molecule has 0 unspecified atom stereocenters. The van der Waals surface area contributed by atoms with Gasteiger partial charge in [0.2, 0.25) is 0 Å². The lowest BCUT2D eigenvalue weighted by atomic mass is 9.93. The highest BCUT2D eigenvalue weighted by atomic mass is 16.1. The van der Waals surface area contributed by atoms with Gasteiger partial charge in [-0.2, -0.15) is 5.10 Å². The summed E-state index contributed by atoms with van der Waals surface area (Å²) in [5.41, 5.74) is 5.59. The Kier molecular flexibility index (Phi) is 4.12. The van der Waals surface area contributed by atoms with Crippen molar-refractivity contribution >= 4 is 5.91 Å². The molecule has 25 heavy (non-hydrogen) atoms. The smallest absolute Gasteiger partial charge is 0.272 e. The Morgan fingerprint density at radius 2 is 1.88 bits per heavy atom. The Morgan fingerprint density at radius 1 is 1.20 bits per heavy atom. The van der Waals surface area contributed by atoms with E-state index >= 15 is 0 Å². The first kappa shape index (κ1) is 16.3. The van der Waals surface area contributed by atoms with E-state index in [2.05, 4.69) is 58.8 Å². The SMILES string of the molecule is CN(C)C1(CNC(=O)c2n[nH]c3c2CCCC3)Cc2ccccc2C1. The predicted octanol–water partition coefficient (Wildman–Crippen LogP) is 2.12. The van der Waals surface area contributed by atoms with E-state index in [9.17, 15) is 4.79 Å². The Morgan fingerprint density at radius 3 is 2.56 bits per heavy atom. The summed E-state index contributed by atoms with van der Waals surface area (Å²) in [4.78, 5) is 15.0. The normalized spacial score (nSPS) is 18.0. The molecule has 0 saturated carbocycles. The lowest BCUT2D eigenvalue weighted by Gasteiger charge is -2.36. The Bertz CT molecular complexity index is 768. The van der Waals surface area contributed by atoms with Crippen molar-refractivity contribution in [3.05, 3.63) is 52.3 Å². The molecule has 5 nitrogen and oxygen atoms in total. The number of aromatic amines is 1. The first-order valence-electron chi connectivity index (χ1n) is 9.18. The van der Waals surface area contributed by atoms with E-state index in [1.807, 2.05) is 0 Å². The van der Waals surface area contributed by atoms with Crippen LogP contribution in [0.2, 0.25) is 0 Å². The van der Waals surface area contributed by atoms with Gasteiger partial charge >= 0.3 is 0 Å². The number of aryl methyl sites for hydroxylation is 1. The third kappa shape index (κ3) is 2.86. The van der Waals surface area contributed by atoms with E-state index in [4.69, 9.17) is 0 Å². The maximum Gasteiger partial charge on any atom is 0.272 e. The number of nitrogens with zero attached hydrogens (tertiary/aromatic N) is 2. The number of hydrogen-bond donors (Lipinski definition) is 2. The lowest BCUT2D eigenvalue weighted by Crippen LogP contribution is -2.53. The van der Waals surface area contributed by atoms with E-state index in [-0.39, 0.29) is 11.4 Å². The van der Waals surface area contributed by atoms with Gasteiger partial charge in [-0.15, -0.1) is 0 Å². The molecule has 1 aromatic carbocycles. The van der Waals surface area contributed by atoms with E-state index in [1.54, 1.807) is 0 Å². The molecule has 0 spiro atoms. The highest BCUT2D eigenvalue weighted by molar-refractivity contribution is 5.94. The molecule has 1 amide bonds. The number of rotatable bonds is 4. The second-order valence-electron chi connectivity index (χ2n) is 7.66. The zero-order chi connectivity index (χ0) is 17.4. The van der Waals surface area contributed by atoms with Crippen molar-refractivity contribution in [3.63, 3.8) is 0 Å². The van der Waals surface area contributed by atoms with Crippen LogP contribution in [-0.2, 0) is 25.7 Å². The topological polar surface area (TPSA) is 61.0 Å². The maximum atomic E-state index is 12.8. The number of amides is 1. The van der Waals surface area contributed by atoms with Crippen LogP contribution in [0.5, 0.6) is 0 Å². The minimum Gasteiger partial charge on any atom is -0.349 e. The van der Waals surface area contributed by atoms with Crippen LogP contribution in [0, 0.1) is 0 Å². The molecule has 0 fully saturated rings. The molecule has 2 aliphatic carbocycles. The van der Waals surface area contributed by atoms with Gasteiger partial charge in [0.1, 0.15) is 0 Å². The number of carbonyl (C=O) groups is 1. The van der Waals surface area contributed by atoms with Crippen molar-refractivity contribution in [2.75, 3.05) is 20.6 Å². The summed E-state index contributed by atoms with van der Waals surface area (Å²) >= 11 is 0. The van der Waals surface area contributed by atoms with Gasteiger partial charge in [-0.05, 0) is 63.7 Å². The summed E-state index contributed by atoms with van der Waals surface area (Å²) in [5, 5.41) is 10.5. The molecule has 0 saturated heterocycles. The van der Waals surface area contributed by atoms with Crippen LogP contribution >= 0.6 is 0 Å². The number of carbonyl (C=O) groups excluding carboxylic acids is 1. The Balaban J connectivity index is 1.50. The van der Waals surface area contributed by atoms with Crippen LogP contribution in [0.25, 0.3) is 0 Å². The molecule has 132 valence electrons. The quantitative estimate of drug-likeness (QED) is 0.898. The Labute approximate surface area is 148 Å². The van der Waals surface area contributed by atoms with Crippen molar-refractivity contribution in [1.29, 1.82) is 0 Å². The number of fused-ring (bicyclic) bond motifs is 2. The van der Waals surface area contributed by atoms with E-state index in [0.29, 0.717) is 12.2 Å². The van der Waals surface area contributed by atoms with Gasteiger partial charge in [0, 0.05) is 23.3 Å². The summed E-state index contributed by atoms with van der Waals surface area (Å²) in [6.07, 6.45) is 6.22. The molecule has 1 aromatic heterocycles. The average molecular weight is 338 g/mol. The predicted molar refractivity (Wildman–Crippen MR) is 97.8 cm³/mol. The summed E-state index contributed by atoms with van der Waals surface area (Å²) < 4.78 is 0. The number of nitrogens with one attached hydrogen (secondary N) is 2. The molecule has 0 atom stereocenters. The number of aromatic nitrogens is 2. The van der Waals surface area contributed by atoms with Gasteiger partial charge in [-0.1, -0.05) is 24.3 Å². The average Bonchev–Trinajstić information content (AvgIpc) is 3.21. The molecular formula is C20H26N4O. The van der Waals surface area contributed by atoms with Crippen LogP contribution in [0.4, 0.5) is 0 Å². The van der Waals surface area contributed by atoms with Crippen LogP contribution < -0.4 is 5.32 Å². The largest absolute Gasteiger partial charge is 0.349 e. The Hall–Kier alpha value is -2.14. The highest BCUT2D eigenvalue weighted by Gasteiger charge is 2.39. The second-order valence-corrected chi connectivity index (χ2v) is 7.66. The summed E-state index contributed by atoms with van der Waals surface area (Å²) in [7, 11) is 4.21. The molecule has 0 bridgehead atoms. The summed E-state index contributed by atoms with van der Waals surface area (Å²) in [5.74, 6) is -0.0448. The van der Waals surface area contributed by atoms with E-state index in [1.165, 1.54) is 17.5 Å². The molecule has 5 heteroatoms. The third-order valence-corrected chi connectivity index (χ3v) is 5.96. The van der Waals surface area contributed by atoms with Gasteiger partial charge in [-0.3, -0.25) is 9.89 Å². The third-order valence-electron chi connectivity index (χ3n) is 5.96. The molecule has 2 aromatic rings. The second kappa shape index (κ2) is 6.30. The maximum absolute atomic E-state index is 12.8. The zero-order valence-corrected chi connectivity index (χ0v) is 15.1. The minimum absolute atomic E-state index is 0.0448. The van der Waals surface area contributed by atoms with Gasteiger partial charge < -0.3 is 10.2 Å². The van der Waals surface area contributed by atoms with Crippen LogP contribution in [-0.4, -0.2) is 47.2 Å². The van der Waals surface area contributed by atoms with Gasteiger partial charge in [0.15, 0.2) is 5.69 Å². The molecule has 0 aliphatic heterocycles. The fraction of sp³-hybridized carbons (Fsp3) is 0.500. The van der Waals surface area contributed by atoms with E-state index in [0.717, 1.165) is 43.4 Å². The molecule has 2 N–H and O–H groups in total. The lowest BCUT2D eigenvalue weighted by molar-refractivity contribution is 0.0897. The van der Waals surface area contributed by atoms with Gasteiger partial charge in [0.05, 0.1) is 0 Å². The van der Waals surface area contributed by atoms with Gasteiger partial charge in [0.25, 0.3) is 5.91 Å². The van der Waals surface area contributed by atoms with Crippen molar-refractivity contribution in [2.45, 2.75) is 44.1 Å². The van der Waals surface area contributed by atoms with Crippen molar-refractivity contribution in [1.82, 2.24) is 20.4 Å². The first-order valence-corrected chi connectivity index (χ1v) is 9.18. The molecule has 2 aliphatic rings. The molecule has 4 rings (SSSR count). The fourth-order valence-electron chi connectivity index (χ4n) is 4.27. The minimum atomic E-state index is -0.0598. The standard InChI is InChI=1S/C20H26N4O/c1-24(2)20(11-14-7-3-4-8-15(14)12-20)13-21-19(25)18-16-9-5-6-10-17(16)22-23-18/h3-4,7-8H,5-6,9-13H2,1-2H3,(H,21,25)(H,22,23). The van der Waals surface area contributed by atoms with Crippen molar-refractivity contribution in [3.8, 4) is 0 Å². The first-order chi connectivity index (χ1) is 12.1. The molecular weight excluding hydrogens is 312 g/mol. The van der Waals surface area contributed by atoms with Crippen LogP contribution in [0.15, 0.2) is 24.3 Å². The number of H-pyrrole nitrogens is 1. The monoisotopic (exact) mass is 338 g/mol. The number of benzene rings is 1. The number of likely N-dealkylation sites (N-methyl/N-ethyl adjacent to an activating group) is 1. The van der Waals surface area contributed by atoms with Crippen molar-refractivity contribution < 1.29 is 4.79 Å².